The van der Waals surface area contributed by atoms with Crippen LogP contribution in [0.1, 0.15) is 16.7 Å². The minimum absolute atomic E-state index is 0.00912. The molecule has 0 amide bonds. The van der Waals surface area contributed by atoms with Gasteiger partial charge in [0.05, 0.1) is 19.8 Å². The van der Waals surface area contributed by atoms with Crippen LogP contribution in [0.3, 0.4) is 0 Å². The van der Waals surface area contributed by atoms with Crippen LogP contribution in [0.2, 0.25) is 0 Å². The fourth-order valence-electron chi connectivity index (χ4n) is 3.56. The van der Waals surface area contributed by atoms with E-state index in [0.717, 1.165) is 16.7 Å². The molecule has 1 aliphatic rings. The second-order valence-corrected chi connectivity index (χ2v) is 9.78. The van der Waals surface area contributed by atoms with Crippen LogP contribution in [0.5, 0.6) is 0 Å². The second kappa shape index (κ2) is 12.4. The summed E-state index contributed by atoms with van der Waals surface area (Å²) in [5, 5.41) is 21.3. The number of ether oxygens (including phenoxy) is 1. The minimum atomic E-state index is -4.13. The first-order valence-corrected chi connectivity index (χ1v) is 12.8. The molecule has 35 heavy (non-hydrogen) atoms. The monoisotopic (exact) mass is 496 g/mol. The van der Waals surface area contributed by atoms with Gasteiger partial charge in [-0.3, -0.25) is 13.6 Å². The lowest BCUT2D eigenvalue weighted by atomic mass is 9.96. The van der Waals surface area contributed by atoms with E-state index in [0.29, 0.717) is 0 Å². The predicted molar refractivity (Wildman–Crippen MR) is 131 cm³/mol. The summed E-state index contributed by atoms with van der Waals surface area (Å²) in [6.45, 7) is 0.250. The van der Waals surface area contributed by atoms with E-state index in [4.69, 9.17) is 18.3 Å². The Morgan fingerprint density at radius 2 is 1.00 bits per heavy atom. The number of aliphatic hydroxyl groups excluding tert-OH is 2. The normalized spacial score (nSPS) is 22.2. The van der Waals surface area contributed by atoms with Crippen molar-refractivity contribution in [2.75, 3.05) is 0 Å². The summed E-state index contributed by atoms with van der Waals surface area (Å²) in [5.74, 6) is 0. The molecule has 0 aromatic heterocycles. The molecule has 7 nitrogen and oxygen atoms in total. The maximum absolute atomic E-state index is 13.5. The molecule has 4 atom stereocenters. The Kier molecular flexibility index (Phi) is 9.01. The highest BCUT2D eigenvalue weighted by atomic mass is 31.2. The molecule has 8 heteroatoms. The van der Waals surface area contributed by atoms with E-state index in [9.17, 15) is 14.8 Å². The third-order valence-corrected chi connectivity index (χ3v) is 6.91. The van der Waals surface area contributed by atoms with Crippen molar-refractivity contribution in [2.24, 2.45) is 0 Å². The summed E-state index contributed by atoms with van der Waals surface area (Å²) >= 11 is 0. The molecule has 0 spiro atoms. The predicted octanol–water partition coefficient (Wildman–Crippen LogP) is 4.79. The number of hydrogen-bond donors (Lipinski definition) is 2. The Morgan fingerprint density at radius 3 is 1.49 bits per heavy atom. The van der Waals surface area contributed by atoms with Crippen LogP contribution in [-0.2, 0) is 42.7 Å². The third-order valence-electron chi connectivity index (χ3n) is 5.51. The quantitative estimate of drug-likeness (QED) is 0.291. The largest absolute Gasteiger partial charge is 0.476 e. The average molecular weight is 496 g/mol. The summed E-state index contributed by atoms with van der Waals surface area (Å²) in [7, 11) is -4.13. The molecule has 4 rings (SSSR count). The first kappa shape index (κ1) is 25.5. The molecule has 0 heterocycles. The van der Waals surface area contributed by atoms with Crippen LogP contribution in [0, 0.1) is 0 Å². The van der Waals surface area contributed by atoms with Crippen molar-refractivity contribution in [1.82, 2.24) is 0 Å². The average Bonchev–Trinajstić information content (AvgIpc) is 2.91. The molecular weight excluding hydrogens is 467 g/mol. The zero-order valence-electron chi connectivity index (χ0n) is 19.1. The second-order valence-electron chi connectivity index (χ2n) is 8.16. The Balaban J connectivity index is 1.43. The number of aliphatic hydroxyl groups is 2. The maximum atomic E-state index is 13.5. The van der Waals surface area contributed by atoms with Crippen molar-refractivity contribution >= 4 is 7.82 Å². The van der Waals surface area contributed by atoms with Crippen molar-refractivity contribution in [2.45, 2.75) is 44.2 Å². The van der Waals surface area contributed by atoms with Gasteiger partial charge in [-0.1, -0.05) is 103 Å². The van der Waals surface area contributed by atoms with Crippen LogP contribution in [-0.4, -0.2) is 34.6 Å². The van der Waals surface area contributed by atoms with Crippen LogP contribution in [0.25, 0.3) is 0 Å². The zero-order valence-corrected chi connectivity index (χ0v) is 20.0. The number of rotatable bonds is 11. The van der Waals surface area contributed by atoms with E-state index in [1.165, 1.54) is 6.08 Å². The molecule has 3 aromatic carbocycles. The molecule has 0 fully saturated rings. The minimum Gasteiger partial charge on any atom is -0.387 e. The van der Waals surface area contributed by atoms with E-state index in [-0.39, 0.29) is 19.8 Å². The fourth-order valence-corrected chi connectivity index (χ4v) is 4.86. The summed E-state index contributed by atoms with van der Waals surface area (Å²) < 4.78 is 36.2. The lowest BCUT2D eigenvalue weighted by molar-refractivity contribution is -0.111. The molecule has 0 radical (unpaired) electrons. The Labute approximate surface area is 205 Å². The van der Waals surface area contributed by atoms with Gasteiger partial charge in [0.25, 0.3) is 0 Å². The van der Waals surface area contributed by atoms with Gasteiger partial charge >= 0.3 is 7.82 Å². The molecule has 0 unspecified atom stereocenters. The van der Waals surface area contributed by atoms with Crippen LogP contribution < -0.4 is 0 Å². The summed E-state index contributed by atoms with van der Waals surface area (Å²) in [6.07, 6.45) is -1.44. The van der Waals surface area contributed by atoms with Gasteiger partial charge in [-0.05, 0) is 16.7 Å². The lowest BCUT2D eigenvalue weighted by Crippen LogP contribution is -2.48. The van der Waals surface area contributed by atoms with E-state index in [1.807, 2.05) is 91.0 Å². The summed E-state index contributed by atoms with van der Waals surface area (Å²) in [4.78, 5) is 0. The topological polar surface area (TPSA) is 94.5 Å². The van der Waals surface area contributed by atoms with Gasteiger partial charge in [0.2, 0.25) is 0 Å². The summed E-state index contributed by atoms with van der Waals surface area (Å²) in [6, 6.07) is 27.9. The van der Waals surface area contributed by atoms with E-state index in [1.54, 1.807) is 6.08 Å². The highest BCUT2D eigenvalue weighted by molar-refractivity contribution is 7.48. The number of hydrogen-bond acceptors (Lipinski definition) is 7. The Hall–Kier alpha value is -2.61. The molecule has 0 saturated heterocycles. The lowest BCUT2D eigenvalue weighted by Gasteiger charge is -2.34. The third kappa shape index (κ3) is 7.43. The van der Waals surface area contributed by atoms with Crippen molar-refractivity contribution in [1.29, 1.82) is 0 Å². The Morgan fingerprint density at radius 1 is 0.600 bits per heavy atom. The number of phosphoric ester groups is 1. The van der Waals surface area contributed by atoms with Gasteiger partial charge in [0, 0.05) is 0 Å². The molecule has 2 N–H and O–H groups in total. The maximum Gasteiger partial charge on any atom is 0.476 e. The molecule has 184 valence electrons. The first-order valence-electron chi connectivity index (χ1n) is 11.4. The highest BCUT2D eigenvalue weighted by Crippen LogP contribution is 2.53. The van der Waals surface area contributed by atoms with Crippen molar-refractivity contribution in [3.63, 3.8) is 0 Å². The summed E-state index contributed by atoms with van der Waals surface area (Å²) in [5.41, 5.74) is 2.51. The van der Waals surface area contributed by atoms with Crippen molar-refractivity contribution in [3.05, 3.63) is 120 Å². The fraction of sp³-hybridized carbons (Fsp3) is 0.259. The SMILES string of the molecule is O=P(OCc1ccccc1)(OCc1ccccc1)O[C@H]1C=C[C@H](OCc2ccccc2)[C@@H](O)[C@@H]1O. The number of phosphoric acid groups is 1. The van der Waals surface area contributed by atoms with Gasteiger partial charge in [-0.2, -0.15) is 0 Å². The van der Waals surface area contributed by atoms with Gasteiger partial charge < -0.3 is 14.9 Å². The van der Waals surface area contributed by atoms with Crippen LogP contribution in [0.4, 0.5) is 0 Å². The number of benzene rings is 3. The molecule has 0 saturated carbocycles. The molecule has 0 aliphatic heterocycles. The Bertz CT molecular complexity index is 1060. The van der Waals surface area contributed by atoms with E-state index >= 15 is 0 Å². The van der Waals surface area contributed by atoms with Gasteiger partial charge in [0.1, 0.15) is 24.4 Å². The van der Waals surface area contributed by atoms with Gasteiger partial charge in [0.15, 0.2) is 0 Å². The van der Waals surface area contributed by atoms with Crippen molar-refractivity contribution in [3.8, 4) is 0 Å². The van der Waals surface area contributed by atoms with Gasteiger partial charge in [-0.25, -0.2) is 4.57 Å². The van der Waals surface area contributed by atoms with Crippen LogP contribution >= 0.6 is 7.82 Å². The molecular formula is C27H29O7P. The first-order chi connectivity index (χ1) is 17.0. The molecule has 3 aromatic rings. The van der Waals surface area contributed by atoms with E-state index < -0.39 is 32.2 Å². The molecule has 0 bridgehead atoms. The van der Waals surface area contributed by atoms with E-state index in [2.05, 4.69) is 0 Å². The van der Waals surface area contributed by atoms with Crippen molar-refractivity contribution < 1.29 is 33.1 Å². The van der Waals surface area contributed by atoms with Gasteiger partial charge in [-0.15, -0.1) is 0 Å². The molecule has 1 aliphatic carbocycles. The zero-order chi connectivity index (χ0) is 24.5. The van der Waals surface area contributed by atoms with Crippen LogP contribution in [0.15, 0.2) is 103 Å². The highest BCUT2D eigenvalue weighted by Gasteiger charge is 2.40. The standard InChI is InChI=1S/C27H29O7P/c28-26-24(31-18-21-10-4-1-5-11-21)16-17-25(27(26)29)34-35(30,32-19-22-12-6-2-7-13-22)33-20-23-14-8-3-9-15-23/h1-17,24-29H,18-20H2/t24-,25-,26+,27+/m0/s1. The smallest absolute Gasteiger partial charge is 0.387 e.